The van der Waals surface area contributed by atoms with Crippen LogP contribution in [0.3, 0.4) is 0 Å². The van der Waals surface area contributed by atoms with Gasteiger partial charge in [0.2, 0.25) is 0 Å². The minimum atomic E-state index is 0.222. The standard InChI is InChI=1S/C11H13NO/c1-6-4-7(2)11-10(8(6)3)9(13)5-12-11/h4,12H,5H2,1-3H3. The summed E-state index contributed by atoms with van der Waals surface area (Å²) >= 11 is 0. The predicted octanol–water partition coefficient (Wildman–Crippen LogP) is 2.22. The van der Waals surface area contributed by atoms with Gasteiger partial charge in [-0.3, -0.25) is 4.79 Å². The number of anilines is 1. The van der Waals surface area contributed by atoms with Gasteiger partial charge in [-0.25, -0.2) is 0 Å². The van der Waals surface area contributed by atoms with E-state index in [2.05, 4.69) is 11.4 Å². The Balaban J connectivity index is 2.77. The van der Waals surface area contributed by atoms with Gasteiger partial charge in [0.15, 0.2) is 5.78 Å². The smallest absolute Gasteiger partial charge is 0.184 e. The summed E-state index contributed by atoms with van der Waals surface area (Å²) in [5.74, 6) is 0.222. The van der Waals surface area contributed by atoms with E-state index in [-0.39, 0.29) is 5.78 Å². The quantitative estimate of drug-likeness (QED) is 0.655. The number of benzene rings is 1. The van der Waals surface area contributed by atoms with Crippen LogP contribution in [0.1, 0.15) is 27.0 Å². The molecule has 1 heterocycles. The molecule has 13 heavy (non-hydrogen) atoms. The van der Waals surface area contributed by atoms with Gasteiger partial charge in [0.25, 0.3) is 0 Å². The molecule has 0 fully saturated rings. The average Bonchev–Trinajstić information content (AvgIpc) is 2.44. The fourth-order valence-corrected chi connectivity index (χ4v) is 1.92. The van der Waals surface area contributed by atoms with Gasteiger partial charge in [-0.05, 0) is 37.5 Å². The molecule has 0 unspecified atom stereocenters. The Kier molecular flexibility index (Phi) is 1.65. The van der Waals surface area contributed by atoms with E-state index in [1.165, 1.54) is 11.1 Å². The van der Waals surface area contributed by atoms with E-state index in [9.17, 15) is 4.79 Å². The molecule has 0 spiro atoms. The number of fused-ring (bicyclic) bond motifs is 1. The maximum atomic E-state index is 11.5. The molecule has 2 nitrogen and oxygen atoms in total. The van der Waals surface area contributed by atoms with Gasteiger partial charge >= 0.3 is 0 Å². The Labute approximate surface area is 78.0 Å². The zero-order valence-electron chi connectivity index (χ0n) is 8.19. The molecular formula is C11H13NO. The first kappa shape index (κ1) is 8.30. The van der Waals surface area contributed by atoms with Crippen LogP contribution in [0, 0.1) is 20.8 Å². The monoisotopic (exact) mass is 175 g/mol. The summed E-state index contributed by atoms with van der Waals surface area (Å²) in [5.41, 5.74) is 5.43. The number of carbonyl (C=O) groups excluding carboxylic acids is 1. The Hall–Kier alpha value is -1.31. The van der Waals surface area contributed by atoms with E-state index in [1.54, 1.807) is 0 Å². The van der Waals surface area contributed by atoms with Crippen molar-refractivity contribution in [1.29, 1.82) is 0 Å². The third-order valence-electron chi connectivity index (χ3n) is 2.75. The highest BCUT2D eigenvalue weighted by atomic mass is 16.1. The second-order valence-corrected chi connectivity index (χ2v) is 3.66. The molecule has 0 bridgehead atoms. The minimum absolute atomic E-state index is 0.222. The van der Waals surface area contributed by atoms with Crippen molar-refractivity contribution < 1.29 is 4.79 Å². The highest BCUT2D eigenvalue weighted by Crippen LogP contribution is 2.30. The lowest BCUT2D eigenvalue weighted by Gasteiger charge is -2.09. The summed E-state index contributed by atoms with van der Waals surface area (Å²) in [5, 5.41) is 3.14. The highest BCUT2D eigenvalue weighted by Gasteiger charge is 2.23. The summed E-state index contributed by atoms with van der Waals surface area (Å²) in [7, 11) is 0. The number of hydrogen-bond donors (Lipinski definition) is 1. The number of rotatable bonds is 0. The van der Waals surface area contributed by atoms with Gasteiger partial charge in [-0.1, -0.05) is 6.07 Å². The molecule has 0 saturated carbocycles. The van der Waals surface area contributed by atoms with Crippen LogP contribution in [0.25, 0.3) is 0 Å². The van der Waals surface area contributed by atoms with Crippen LogP contribution in [0.15, 0.2) is 6.07 Å². The largest absolute Gasteiger partial charge is 0.377 e. The second kappa shape index (κ2) is 2.59. The van der Waals surface area contributed by atoms with E-state index in [1.807, 2.05) is 20.8 Å². The first-order chi connectivity index (χ1) is 6.11. The van der Waals surface area contributed by atoms with Crippen LogP contribution in [-0.2, 0) is 0 Å². The van der Waals surface area contributed by atoms with Crippen molar-refractivity contribution in [2.75, 3.05) is 11.9 Å². The predicted molar refractivity (Wildman–Crippen MR) is 53.5 cm³/mol. The molecule has 1 aromatic rings. The third-order valence-corrected chi connectivity index (χ3v) is 2.75. The van der Waals surface area contributed by atoms with Crippen molar-refractivity contribution in [1.82, 2.24) is 0 Å². The number of carbonyl (C=O) groups is 1. The molecule has 1 aliphatic heterocycles. The van der Waals surface area contributed by atoms with Gasteiger partial charge in [0, 0.05) is 11.3 Å². The van der Waals surface area contributed by atoms with Crippen LogP contribution < -0.4 is 5.32 Å². The first-order valence-corrected chi connectivity index (χ1v) is 4.49. The number of aryl methyl sites for hydroxylation is 2. The molecule has 2 heteroatoms. The van der Waals surface area contributed by atoms with Crippen molar-refractivity contribution in [2.24, 2.45) is 0 Å². The molecule has 2 rings (SSSR count). The number of nitrogens with one attached hydrogen (secondary N) is 1. The fourth-order valence-electron chi connectivity index (χ4n) is 1.92. The molecule has 0 atom stereocenters. The molecule has 1 N–H and O–H groups in total. The molecular weight excluding hydrogens is 162 g/mol. The summed E-state index contributed by atoms with van der Waals surface area (Å²) < 4.78 is 0. The van der Waals surface area contributed by atoms with Crippen LogP contribution in [0.5, 0.6) is 0 Å². The summed E-state index contributed by atoms with van der Waals surface area (Å²) in [6.07, 6.45) is 0. The van der Waals surface area contributed by atoms with Crippen LogP contribution in [-0.4, -0.2) is 12.3 Å². The number of hydrogen-bond acceptors (Lipinski definition) is 2. The molecule has 0 radical (unpaired) electrons. The Morgan fingerprint density at radius 3 is 2.62 bits per heavy atom. The molecule has 0 aliphatic carbocycles. The van der Waals surface area contributed by atoms with Crippen molar-refractivity contribution in [3.05, 3.63) is 28.3 Å². The van der Waals surface area contributed by atoms with E-state index < -0.39 is 0 Å². The SMILES string of the molecule is Cc1cc(C)c2c(c1C)C(=O)CN2. The molecule has 68 valence electrons. The first-order valence-electron chi connectivity index (χ1n) is 4.49. The lowest BCUT2D eigenvalue weighted by Crippen LogP contribution is -2.02. The molecule has 1 aromatic carbocycles. The van der Waals surface area contributed by atoms with Gasteiger partial charge < -0.3 is 5.32 Å². The van der Waals surface area contributed by atoms with E-state index in [0.29, 0.717) is 6.54 Å². The van der Waals surface area contributed by atoms with Crippen molar-refractivity contribution in [2.45, 2.75) is 20.8 Å². The molecule has 0 saturated heterocycles. The minimum Gasteiger partial charge on any atom is -0.377 e. The lowest BCUT2D eigenvalue weighted by molar-refractivity contribution is 0.101. The Bertz CT molecular complexity index is 394. The van der Waals surface area contributed by atoms with E-state index in [4.69, 9.17) is 0 Å². The van der Waals surface area contributed by atoms with Crippen LogP contribution in [0.4, 0.5) is 5.69 Å². The van der Waals surface area contributed by atoms with Crippen LogP contribution in [0.2, 0.25) is 0 Å². The topological polar surface area (TPSA) is 29.1 Å². The van der Waals surface area contributed by atoms with Crippen molar-refractivity contribution in [3.63, 3.8) is 0 Å². The maximum Gasteiger partial charge on any atom is 0.184 e. The Morgan fingerprint density at radius 2 is 1.92 bits per heavy atom. The van der Waals surface area contributed by atoms with Gasteiger partial charge in [-0.2, -0.15) is 0 Å². The molecule has 0 aromatic heterocycles. The summed E-state index contributed by atoms with van der Waals surface area (Å²) in [6, 6.07) is 2.12. The fraction of sp³-hybridized carbons (Fsp3) is 0.364. The summed E-state index contributed by atoms with van der Waals surface area (Å²) in [6.45, 7) is 6.56. The zero-order valence-corrected chi connectivity index (χ0v) is 8.19. The third kappa shape index (κ3) is 1.05. The Morgan fingerprint density at radius 1 is 1.23 bits per heavy atom. The second-order valence-electron chi connectivity index (χ2n) is 3.66. The van der Waals surface area contributed by atoms with Gasteiger partial charge in [0.1, 0.15) is 0 Å². The normalized spacial score (nSPS) is 14.2. The zero-order chi connectivity index (χ0) is 9.59. The average molecular weight is 175 g/mol. The number of Topliss-reactive ketones (excluding diaryl/α,β-unsaturated/α-hetero) is 1. The highest BCUT2D eigenvalue weighted by molar-refractivity contribution is 6.10. The van der Waals surface area contributed by atoms with Crippen LogP contribution >= 0.6 is 0 Å². The van der Waals surface area contributed by atoms with Gasteiger partial charge in [0.05, 0.1) is 6.54 Å². The molecule has 0 amide bonds. The molecule has 1 aliphatic rings. The van der Waals surface area contributed by atoms with Crippen molar-refractivity contribution >= 4 is 11.5 Å². The van der Waals surface area contributed by atoms with Crippen molar-refractivity contribution in [3.8, 4) is 0 Å². The maximum absolute atomic E-state index is 11.5. The number of ketones is 1. The lowest BCUT2D eigenvalue weighted by atomic mass is 9.97. The van der Waals surface area contributed by atoms with E-state index >= 15 is 0 Å². The van der Waals surface area contributed by atoms with Gasteiger partial charge in [-0.15, -0.1) is 0 Å². The van der Waals surface area contributed by atoms with E-state index in [0.717, 1.165) is 16.8 Å². The summed E-state index contributed by atoms with van der Waals surface area (Å²) in [4.78, 5) is 11.5.